The van der Waals surface area contributed by atoms with Crippen LogP contribution in [0.3, 0.4) is 0 Å². The Morgan fingerprint density at radius 1 is 1.17 bits per heavy atom. The van der Waals surface area contributed by atoms with E-state index in [-0.39, 0.29) is 5.78 Å². The molecular formula is C22H28N4O2S. The number of ketones is 1. The standard InChI is InChI=1S/C22H28N4O2S/c1-17(27)19-16-22(24(2)23-19)28-14-4-3-9-25-10-12-26(13-11-25)20-6-5-7-21-18(20)8-15-29-21/h5-8,15-16H,3-4,9-14H2,1-2H3. The number of rotatable bonds is 8. The van der Waals surface area contributed by atoms with Crippen LogP contribution in [0.4, 0.5) is 5.69 Å². The van der Waals surface area contributed by atoms with Gasteiger partial charge in [0.15, 0.2) is 5.78 Å². The minimum Gasteiger partial charge on any atom is -0.478 e. The summed E-state index contributed by atoms with van der Waals surface area (Å²) < 4.78 is 8.79. The molecular weight excluding hydrogens is 384 g/mol. The van der Waals surface area contributed by atoms with Crippen LogP contribution in [0.5, 0.6) is 5.88 Å². The van der Waals surface area contributed by atoms with E-state index in [1.165, 1.54) is 22.7 Å². The number of benzene rings is 1. The van der Waals surface area contributed by atoms with Gasteiger partial charge in [-0.2, -0.15) is 5.10 Å². The number of ether oxygens (including phenoxy) is 1. The molecule has 0 spiro atoms. The number of fused-ring (bicyclic) bond motifs is 1. The van der Waals surface area contributed by atoms with Gasteiger partial charge in [0.1, 0.15) is 5.69 Å². The number of carbonyl (C=O) groups excluding carboxylic acids is 1. The fourth-order valence-corrected chi connectivity index (χ4v) is 4.65. The number of hydrogen-bond acceptors (Lipinski definition) is 6. The number of Topliss-reactive ketones (excluding diaryl/α,β-unsaturated/α-hetero) is 1. The van der Waals surface area contributed by atoms with E-state index in [0.29, 0.717) is 18.2 Å². The molecule has 1 fully saturated rings. The van der Waals surface area contributed by atoms with Crippen molar-refractivity contribution in [3.63, 3.8) is 0 Å². The molecule has 1 aliphatic rings. The molecule has 29 heavy (non-hydrogen) atoms. The highest BCUT2D eigenvalue weighted by Gasteiger charge is 2.18. The van der Waals surface area contributed by atoms with E-state index in [1.807, 2.05) is 11.3 Å². The number of aromatic nitrogens is 2. The molecule has 0 unspecified atom stereocenters. The minimum absolute atomic E-state index is 0.0372. The molecule has 0 amide bonds. The van der Waals surface area contributed by atoms with Gasteiger partial charge in [-0.1, -0.05) is 6.07 Å². The maximum absolute atomic E-state index is 11.4. The van der Waals surface area contributed by atoms with E-state index < -0.39 is 0 Å². The van der Waals surface area contributed by atoms with Gasteiger partial charge in [0, 0.05) is 62.0 Å². The molecule has 3 heterocycles. The quantitative estimate of drug-likeness (QED) is 0.416. The minimum atomic E-state index is -0.0372. The van der Waals surface area contributed by atoms with E-state index in [9.17, 15) is 4.79 Å². The summed E-state index contributed by atoms with van der Waals surface area (Å²) in [5.41, 5.74) is 1.83. The van der Waals surface area contributed by atoms with Crippen LogP contribution in [-0.2, 0) is 7.05 Å². The second-order valence-electron chi connectivity index (χ2n) is 7.54. The summed E-state index contributed by atoms with van der Waals surface area (Å²) in [6, 6.07) is 10.6. The molecule has 0 bridgehead atoms. The van der Waals surface area contributed by atoms with E-state index in [0.717, 1.165) is 45.6 Å². The first-order valence-electron chi connectivity index (χ1n) is 10.2. The lowest BCUT2D eigenvalue weighted by atomic mass is 10.2. The van der Waals surface area contributed by atoms with Gasteiger partial charge in [0.05, 0.1) is 6.61 Å². The summed E-state index contributed by atoms with van der Waals surface area (Å²) >= 11 is 1.81. The zero-order valence-corrected chi connectivity index (χ0v) is 18.0. The van der Waals surface area contributed by atoms with Gasteiger partial charge in [-0.15, -0.1) is 11.3 Å². The Bertz CT molecular complexity index is 972. The number of unbranched alkanes of at least 4 members (excludes halogenated alkanes) is 1. The molecule has 4 rings (SSSR count). The second kappa shape index (κ2) is 8.97. The van der Waals surface area contributed by atoms with Crippen molar-refractivity contribution in [3.05, 3.63) is 41.4 Å². The number of piperazine rings is 1. The van der Waals surface area contributed by atoms with Crippen molar-refractivity contribution < 1.29 is 9.53 Å². The average Bonchev–Trinajstić information content (AvgIpc) is 3.35. The van der Waals surface area contributed by atoms with Crippen LogP contribution >= 0.6 is 11.3 Å². The summed E-state index contributed by atoms with van der Waals surface area (Å²) in [6.07, 6.45) is 2.10. The smallest absolute Gasteiger partial charge is 0.212 e. The summed E-state index contributed by atoms with van der Waals surface area (Å²) in [5.74, 6) is 0.622. The predicted octanol–water partition coefficient (Wildman–Crippen LogP) is 3.82. The highest BCUT2D eigenvalue weighted by Crippen LogP contribution is 2.31. The fourth-order valence-electron chi connectivity index (χ4n) is 3.84. The van der Waals surface area contributed by atoms with Gasteiger partial charge in [-0.05, 0) is 43.0 Å². The van der Waals surface area contributed by atoms with Gasteiger partial charge in [-0.3, -0.25) is 9.69 Å². The van der Waals surface area contributed by atoms with Crippen LogP contribution in [0.2, 0.25) is 0 Å². The molecule has 0 atom stereocenters. The van der Waals surface area contributed by atoms with Crippen molar-refractivity contribution >= 4 is 32.9 Å². The van der Waals surface area contributed by atoms with Gasteiger partial charge in [-0.25, -0.2) is 4.68 Å². The van der Waals surface area contributed by atoms with Crippen molar-refractivity contribution in [2.24, 2.45) is 7.05 Å². The van der Waals surface area contributed by atoms with Gasteiger partial charge in [0.25, 0.3) is 0 Å². The first-order valence-corrected chi connectivity index (χ1v) is 11.1. The lowest BCUT2D eigenvalue weighted by Gasteiger charge is -2.36. The third kappa shape index (κ3) is 4.62. The summed E-state index contributed by atoms with van der Waals surface area (Å²) in [6.45, 7) is 7.63. The number of thiophene rings is 1. The maximum atomic E-state index is 11.4. The van der Waals surface area contributed by atoms with Crippen LogP contribution in [0.25, 0.3) is 10.1 Å². The van der Waals surface area contributed by atoms with Crippen LogP contribution < -0.4 is 9.64 Å². The Balaban J connectivity index is 1.18. The van der Waals surface area contributed by atoms with Gasteiger partial charge in [0.2, 0.25) is 5.88 Å². The molecule has 0 saturated carbocycles. The predicted molar refractivity (Wildman–Crippen MR) is 118 cm³/mol. The molecule has 0 N–H and O–H groups in total. The average molecular weight is 413 g/mol. The maximum Gasteiger partial charge on any atom is 0.212 e. The van der Waals surface area contributed by atoms with Crippen LogP contribution in [0, 0.1) is 0 Å². The van der Waals surface area contributed by atoms with E-state index >= 15 is 0 Å². The summed E-state index contributed by atoms with van der Waals surface area (Å²) in [7, 11) is 1.80. The van der Waals surface area contributed by atoms with E-state index in [1.54, 1.807) is 17.8 Å². The van der Waals surface area contributed by atoms with Gasteiger partial charge < -0.3 is 9.64 Å². The second-order valence-corrected chi connectivity index (χ2v) is 8.49. The molecule has 1 aliphatic heterocycles. The van der Waals surface area contributed by atoms with E-state index in [2.05, 4.69) is 44.5 Å². The topological polar surface area (TPSA) is 50.6 Å². The number of hydrogen-bond donors (Lipinski definition) is 0. The SMILES string of the molecule is CC(=O)c1cc(OCCCCN2CCN(c3cccc4sccc34)CC2)n(C)n1. The Morgan fingerprint density at radius 2 is 2.00 bits per heavy atom. The Morgan fingerprint density at radius 3 is 2.76 bits per heavy atom. The van der Waals surface area contributed by atoms with E-state index in [4.69, 9.17) is 4.74 Å². The zero-order chi connectivity index (χ0) is 20.2. The number of carbonyl (C=O) groups is 1. The summed E-state index contributed by atoms with van der Waals surface area (Å²) in [4.78, 5) is 16.4. The van der Waals surface area contributed by atoms with Gasteiger partial charge >= 0.3 is 0 Å². The lowest BCUT2D eigenvalue weighted by molar-refractivity contribution is 0.101. The Kier molecular flexibility index (Phi) is 6.16. The van der Waals surface area contributed by atoms with Crippen molar-refractivity contribution in [1.82, 2.24) is 14.7 Å². The number of aryl methyl sites for hydroxylation is 1. The molecule has 0 aliphatic carbocycles. The number of nitrogens with zero attached hydrogens (tertiary/aromatic N) is 4. The first kappa shape index (κ1) is 19.9. The molecule has 0 radical (unpaired) electrons. The molecule has 154 valence electrons. The lowest BCUT2D eigenvalue weighted by Crippen LogP contribution is -2.46. The number of anilines is 1. The molecule has 6 nitrogen and oxygen atoms in total. The molecule has 3 aromatic rings. The third-order valence-electron chi connectivity index (χ3n) is 5.50. The highest BCUT2D eigenvalue weighted by atomic mass is 32.1. The van der Waals surface area contributed by atoms with Crippen LogP contribution in [0.15, 0.2) is 35.7 Å². The fraction of sp³-hybridized carbons (Fsp3) is 0.455. The largest absolute Gasteiger partial charge is 0.478 e. The van der Waals surface area contributed by atoms with Crippen LogP contribution in [0.1, 0.15) is 30.3 Å². The summed E-state index contributed by atoms with van der Waals surface area (Å²) in [5, 5.41) is 7.72. The molecule has 7 heteroatoms. The zero-order valence-electron chi connectivity index (χ0n) is 17.1. The molecule has 1 aromatic carbocycles. The highest BCUT2D eigenvalue weighted by molar-refractivity contribution is 7.17. The Hall–Kier alpha value is -2.38. The molecule has 1 saturated heterocycles. The molecule has 2 aromatic heterocycles. The van der Waals surface area contributed by atoms with Crippen molar-refractivity contribution in [2.45, 2.75) is 19.8 Å². The van der Waals surface area contributed by atoms with Crippen LogP contribution in [-0.4, -0.2) is 59.8 Å². The normalized spacial score (nSPS) is 15.2. The first-order chi connectivity index (χ1) is 14.1. The van der Waals surface area contributed by atoms with Crippen molar-refractivity contribution in [1.29, 1.82) is 0 Å². The van der Waals surface area contributed by atoms with Crippen molar-refractivity contribution in [2.75, 3.05) is 44.2 Å². The monoisotopic (exact) mass is 412 g/mol. The van der Waals surface area contributed by atoms with Crippen molar-refractivity contribution in [3.8, 4) is 5.88 Å². The Labute approximate surface area is 175 Å². The third-order valence-corrected chi connectivity index (χ3v) is 6.38.